The summed E-state index contributed by atoms with van der Waals surface area (Å²) in [7, 11) is -0.957. The van der Waals surface area contributed by atoms with Gasteiger partial charge in [-0.15, -0.1) is 0 Å². The summed E-state index contributed by atoms with van der Waals surface area (Å²) in [5, 5.41) is 2.40. The number of sulfonamides is 1. The van der Waals surface area contributed by atoms with Gasteiger partial charge in [0.15, 0.2) is 6.61 Å². The lowest BCUT2D eigenvalue weighted by Crippen LogP contribution is -2.23. The number of benzene rings is 2. The lowest BCUT2D eigenvalue weighted by molar-refractivity contribution is -0.119. The molecule has 0 saturated carbocycles. The summed E-state index contributed by atoms with van der Waals surface area (Å²) in [6.07, 6.45) is 0. The second kappa shape index (κ2) is 8.28. The zero-order valence-corrected chi connectivity index (χ0v) is 15.8. The lowest BCUT2D eigenvalue weighted by atomic mass is 10.1. The minimum absolute atomic E-state index is 0.0384. The highest BCUT2D eigenvalue weighted by molar-refractivity contribution is 7.89. The Kier molecular flexibility index (Phi) is 6.29. The van der Waals surface area contributed by atoms with Crippen molar-refractivity contribution in [1.29, 1.82) is 0 Å². The van der Waals surface area contributed by atoms with E-state index in [9.17, 15) is 22.4 Å². The van der Waals surface area contributed by atoms with Crippen LogP contribution >= 0.6 is 0 Å². The van der Waals surface area contributed by atoms with Gasteiger partial charge in [0.05, 0.1) is 10.5 Å². The monoisotopic (exact) mass is 394 g/mol. The van der Waals surface area contributed by atoms with E-state index in [1.807, 2.05) is 0 Å². The second-order valence-electron chi connectivity index (χ2n) is 5.90. The van der Waals surface area contributed by atoms with Gasteiger partial charge in [0.2, 0.25) is 10.0 Å². The minimum atomic E-state index is -3.71. The fourth-order valence-electron chi connectivity index (χ4n) is 2.16. The maximum absolute atomic E-state index is 13.1. The Hall–Kier alpha value is -2.78. The fourth-order valence-corrected chi connectivity index (χ4v) is 3.09. The van der Waals surface area contributed by atoms with Crippen LogP contribution < -0.4 is 5.32 Å². The Morgan fingerprint density at radius 3 is 2.48 bits per heavy atom. The number of carbonyl (C=O) groups excluding carboxylic acids is 2. The van der Waals surface area contributed by atoms with Gasteiger partial charge in [-0.3, -0.25) is 4.79 Å². The van der Waals surface area contributed by atoms with Crippen LogP contribution in [0.2, 0.25) is 0 Å². The van der Waals surface area contributed by atoms with Gasteiger partial charge in [-0.1, -0.05) is 12.1 Å². The lowest BCUT2D eigenvalue weighted by Gasteiger charge is -2.13. The number of hydrogen-bond acceptors (Lipinski definition) is 5. The largest absolute Gasteiger partial charge is 0.452 e. The molecule has 0 aromatic heterocycles. The molecule has 0 bridgehead atoms. The van der Waals surface area contributed by atoms with Crippen molar-refractivity contribution < 1.29 is 27.1 Å². The first-order chi connectivity index (χ1) is 12.6. The molecule has 0 aliphatic heterocycles. The Bertz CT molecular complexity index is 973. The summed E-state index contributed by atoms with van der Waals surface area (Å²) in [4.78, 5) is 24.0. The summed E-state index contributed by atoms with van der Waals surface area (Å²) < 4.78 is 43.5. The van der Waals surface area contributed by atoms with Crippen molar-refractivity contribution >= 4 is 27.6 Å². The zero-order chi connectivity index (χ0) is 20.2. The molecule has 0 unspecified atom stereocenters. The van der Waals surface area contributed by atoms with Crippen LogP contribution in [0.5, 0.6) is 0 Å². The van der Waals surface area contributed by atoms with Crippen LogP contribution in [0, 0.1) is 12.7 Å². The number of nitrogens with one attached hydrogen (secondary N) is 1. The summed E-state index contributed by atoms with van der Waals surface area (Å²) in [5.41, 5.74) is 0.769. The van der Waals surface area contributed by atoms with Crippen molar-refractivity contribution in [2.45, 2.75) is 11.8 Å². The number of amides is 1. The maximum atomic E-state index is 13.1. The van der Waals surface area contributed by atoms with Crippen molar-refractivity contribution in [3.8, 4) is 0 Å². The number of anilines is 1. The predicted octanol–water partition coefficient (Wildman–Crippen LogP) is 2.18. The van der Waals surface area contributed by atoms with Gasteiger partial charge in [-0.05, 0) is 42.8 Å². The van der Waals surface area contributed by atoms with Gasteiger partial charge in [-0.2, -0.15) is 0 Å². The van der Waals surface area contributed by atoms with E-state index >= 15 is 0 Å². The highest BCUT2D eigenvalue weighted by Gasteiger charge is 2.21. The molecule has 2 aromatic rings. The van der Waals surface area contributed by atoms with Crippen LogP contribution in [0.15, 0.2) is 47.4 Å². The first kappa shape index (κ1) is 20.5. The number of rotatable bonds is 6. The third kappa shape index (κ3) is 5.11. The van der Waals surface area contributed by atoms with Crippen molar-refractivity contribution in [2.75, 3.05) is 26.0 Å². The van der Waals surface area contributed by atoms with Crippen molar-refractivity contribution in [1.82, 2.24) is 4.31 Å². The number of hydrogen-bond donors (Lipinski definition) is 1. The van der Waals surface area contributed by atoms with Crippen molar-refractivity contribution in [2.24, 2.45) is 0 Å². The van der Waals surface area contributed by atoms with Gasteiger partial charge in [0.1, 0.15) is 5.82 Å². The third-order valence-corrected chi connectivity index (χ3v) is 5.46. The van der Waals surface area contributed by atoms with Crippen LogP contribution in [0.4, 0.5) is 10.1 Å². The van der Waals surface area contributed by atoms with E-state index in [2.05, 4.69) is 5.32 Å². The van der Waals surface area contributed by atoms with Crippen LogP contribution in [0.1, 0.15) is 15.9 Å². The summed E-state index contributed by atoms with van der Waals surface area (Å²) in [6.45, 7) is 1.02. The molecule has 27 heavy (non-hydrogen) atoms. The number of aryl methyl sites for hydroxylation is 1. The normalized spacial score (nSPS) is 11.3. The van der Waals surface area contributed by atoms with Crippen LogP contribution in [0.3, 0.4) is 0 Å². The topological polar surface area (TPSA) is 92.8 Å². The number of esters is 1. The molecule has 0 spiro atoms. The molecule has 0 radical (unpaired) electrons. The van der Waals surface area contributed by atoms with Crippen LogP contribution in [-0.4, -0.2) is 45.3 Å². The van der Waals surface area contributed by atoms with Gasteiger partial charge in [0, 0.05) is 19.8 Å². The van der Waals surface area contributed by atoms with Gasteiger partial charge in [-0.25, -0.2) is 21.9 Å². The molecule has 0 saturated heterocycles. The van der Waals surface area contributed by atoms with Crippen LogP contribution in [-0.2, 0) is 19.6 Å². The Balaban J connectivity index is 2.08. The molecule has 1 amide bonds. The fraction of sp³-hybridized carbons (Fsp3) is 0.222. The van der Waals surface area contributed by atoms with Gasteiger partial charge in [0.25, 0.3) is 5.91 Å². The predicted molar refractivity (Wildman–Crippen MR) is 97.4 cm³/mol. The summed E-state index contributed by atoms with van der Waals surface area (Å²) >= 11 is 0. The number of halogens is 1. The number of nitrogens with zero attached hydrogens (tertiary/aromatic N) is 1. The molecular formula is C18H19FN2O5S. The summed E-state index contributed by atoms with van der Waals surface area (Å²) in [5.74, 6) is -2.00. The quantitative estimate of drug-likeness (QED) is 0.758. The maximum Gasteiger partial charge on any atom is 0.338 e. The third-order valence-electron chi connectivity index (χ3n) is 3.65. The van der Waals surface area contributed by atoms with E-state index in [1.54, 1.807) is 6.92 Å². The molecule has 7 nitrogen and oxygen atoms in total. The first-order valence-electron chi connectivity index (χ1n) is 7.87. The number of ether oxygens (including phenoxy) is 1. The zero-order valence-electron chi connectivity index (χ0n) is 15.0. The molecular weight excluding hydrogens is 375 g/mol. The highest BCUT2D eigenvalue weighted by Crippen LogP contribution is 2.19. The molecule has 0 fully saturated rings. The second-order valence-corrected chi connectivity index (χ2v) is 8.05. The molecule has 0 atom stereocenters. The van der Waals surface area contributed by atoms with E-state index in [0.717, 1.165) is 10.4 Å². The molecule has 0 aliphatic carbocycles. The number of carbonyl (C=O) groups is 2. The van der Waals surface area contributed by atoms with E-state index < -0.39 is 34.3 Å². The first-order valence-corrected chi connectivity index (χ1v) is 9.31. The standard InChI is InChI=1S/C18H19FN2O5S/c1-12-7-8-15(27(24,25)21(2)3)10-16(12)18(23)26-11-17(22)20-14-6-4-5-13(19)9-14/h4-10H,11H2,1-3H3,(H,20,22). The Morgan fingerprint density at radius 1 is 1.15 bits per heavy atom. The van der Waals surface area contributed by atoms with Crippen molar-refractivity contribution in [3.05, 3.63) is 59.4 Å². The van der Waals surface area contributed by atoms with E-state index in [1.165, 1.54) is 50.5 Å². The molecule has 9 heteroatoms. The van der Waals surface area contributed by atoms with Gasteiger partial charge >= 0.3 is 5.97 Å². The Labute approximate surface area is 156 Å². The average Bonchev–Trinajstić information content (AvgIpc) is 2.59. The average molecular weight is 394 g/mol. The SMILES string of the molecule is Cc1ccc(S(=O)(=O)N(C)C)cc1C(=O)OCC(=O)Nc1cccc(F)c1. The van der Waals surface area contributed by atoms with E-state index in [0.29, 0.717) is 5.56 Å². The molecule has 2 rings (SSSR count). The summed E-state index contributed by atoms with van der Waals surface area (Å²) in [6, 6.07) is 9.35. The smallest absolute Gasteiger partial charge is 0.338 e. The highest BCUT2D eigenvalue weighted by atomic mass is 32.2. The Morgan fingerprint density at radius 2 is 1.85 bits per heavy atom. The van der Waals surface area contributed by atoms with Gasteiger partial charge < -0.3 is 10.1 Å². The minimum Gasteiger partial charge on any atom is -0.452 e. The molecule has 0 aliphatic rings. The van der Waals surface area contributed by atoms with E-state index in [4.69, 9.17) is 4.74 Å². The van der Waals surface area contributed by atoms with E-state index in [-0.39, 0.29) is 16.1 Å². The molecule has 1 N–H and O–H groups in total. The molecule has 144 valence electrons. The molecule has 0 heterocycles. The van der Waals surface area contributed by atoms with Crippen LogP contribution in [0.25, 0.3) is 0 Å². The molecule has 2 aromatic carbocycles. The van der Waals surface area contributed by atoms with Crippen molar-refractivity contribution in [3.63, 3.8) is 0 Å².